The van der Waals surface area contributed by atoms with Gasteiger partial charge in [0.05, 0.1) is 9.92 Å². The molecule has 0 atom stereocenters. The molecule has 2 N–H and O–H groups in total. The summed E-state index contributed by atoms with van der Waals surface area (Å²) in [5.74, 6) is -0.263. The lowest BCUT2D eigenvalue weighted by Gasteiger charge is -2.10. The van der Waals surface area contributed by atoms with Crippen LogP contribution in [-0.4, -0.2) is 34.2 Å². The van der Waals surface area contributed by atoms with Gasteiger partial charge in [0.25, 0.3) is 0 Å². The van der Waals surface area contributed by atoms with Crippen LogP contribution in [0, 0.1) is 0 Å². The van der Waals surface area contributed by atoms with Crippen molar-refractivity contribution in [3.63, 3.8) is 0 Å². The number of halogens is 3. The van der Waals surface area contributed by atoms with E-state index in [2.05, 4.69) is 14.8 Å². The van der Waals surface area contributed by atoms with E-state index in [0.29, 0.717) is 12.6 Å². The van der Waals surface area contributed by atoms with Gasteiger partial charge in [-0.1, -0.05) is 11.6 Å². The van der Waals surface area contributed by atoms with Crippen LogP contribution in [0.3, 0.4) is 0 Å². The topological polar surface area (TPSA) is 67.4 Å². The number of hydrogen-bond donors (Lipinski definition) is 2. The van der Waals surface area contributed by atoms with Crippen LogP contribution in [-0.2, 0) is 10.0 Å². The standard InChI is InChI=1S/C12H15ClF2N2O3S/c13-10-7-9(3-4-11(10)20-12(14)15)21(18,19)17-6-5-16-8-1-2-8/h3-4,7-8,12,16-17H,1-2,5-6H2. The Labute approximate surface area is 126 Å². The third-order valence-corrected chi connectivity index (χ3v) is 4.61. The molecular weight excluding hydrogens is 326 g/mol. The van der Waals surface area contributed by atoms with Gasteiger partial charge in [-0.15, -0.1) is 0 Å². The Bertz CT molecular complexity index is 594. The quantitative estimate of drug-likeness (QED) is 0.710. The Balaban J connectivity index is 1.96. The lowest BCUT2D eigenvalue weighted by Crippen LogP contribution is -2.32. The highest BCUT2D eigenvalue weighted by Crippen LogP contribution is 2.28. The summed E-state index contributed by atoms with van der Waals surface area (Å²) >= 11 is 5.73. The molecule has 5 nitrogen and oxygen atoms in total. The molecule has 0 spiro atoms. The Kier molecular flexibility index (Phi) is 5.37. The molecule has 1 aromatic carbocycles. The smallest absolute Gasteiger partial charge is 0.387 e. The van der Waals surface area contributed by atoms with Gasteiger partial charge in [-0.3, -0.25) is 0 Å². The predicted octanol–water partition coefficient (Wildman–Crippen LogP) is 1.97. The molecule has 9 heteroatoms. The summed E-state index contributed by atoms with van der Waals surface area (Å²) in [6.45, 7) is -2.24. The van der Waals surface area contributed by atoms with E-state index < -0.39 is 16.6 Å². The molecule has 0 radical (unpaired) electrons. The average molecular weight is 341 g/mol. The first-order valence-corrected chi connectivity index (χ1v) is 8.22. The van der Waals surface area contributed by atoms with Crippen molar-refractivity contribution in [2.24, 2.45) is 0 Å². The first-order chi connectivity index (χ1) is 9.88. The summed E-state index contributed by atoms with van der Waals surface area (Å²) in [5, 5.41) is 2.98. The van der Waals surface area contributed by atoms with Gasteiger partial charge in [0, 0.05) is 19.1 Å². The zero-order valence-electron chi connectivity index (χ0n) is 11.0. The van der Waals surface area contributed by atoms with Gasteiger partial charge in [-0.25, -0.2) is 13.1 Å². The predicted molar refractivity (Wildman–Crippen MR) is 74.3 cm³/mol. The fraction of sp³-hybridized carbons (Fsp3) is 0.500. The first-order valence-electron chi connectivity index (χ1n) is 6.36. The molecule has 0 aliphatic heterocycles. The normalized spacial score (nSPS) is 15.4. The number of sulfonamides is 1. The molecule has 118 valence electrons. The minimum absolute atomic E-state index is 0.0967. The monoisotopic (exact) mass is 340 g/mol. The van der Waals surface area contributed by atoms with E-state index in [0.717, 1.165) is 25.0 Å². The molecule has 0 heterocycles. The summed E-state index contributed by atoms with van der Waals surface area (Å²) in [6.07, 6.45) is 2.24. The van der Waals surface area contributed by atoms with Gasteiger partial charge in [0.1, 0.15) is 5.75 Å². The molecular formula is C12H15ClF2N2O3S. The van der Waals surface area contributed by atoms with E-state index in [1.54, 1.807) is 0 Å². The Morgan fingerprint density at radius 2 is 2.05 bits per heavy atom. The van der Waals surface area contributed by atoms with Crippen LogP contribution in [0.25, 0.3) is 0 Å². The average Bonchev–Trinajstić information content (AvgIpc) is 3.20. The molecule has 1 fully saturated rings. The number of alkyl halides is 2. The van der Waals surface area contributed by atoms with Crippen molar-refractivity contribution >= 4 is 21.6 Å². The van der Waals surface area contributed by atoms with Gasteiger partial charge < -0.3 is 10.1 Å². The number of hydrogen-bond acceptors (Lipinski definition) is 4. The van der Waals surface area contributed by atoms with Crippen LogP contribution in [0.5, 0.6) is 5.75 Å². The molecule has 0 unspecified atom stereocenters. The zero-order valence-corrected chi connectivity index (χ0v) is 12.6. The summed E-state index contributed by atoms with van der Waals surface area (Å²) in [5.41, 5.74) is 0. The maximum Gasteiger partial charge on any atom is 0.387 e. The second-order valence-electron chi connectivity index (χ2n) is 4.60. The summed E-state index contributed by atoms with van der Waals surface area (Å²) in [6, 6.07) is 3.84. The lowest BCUT2D eigenvalue weighted by molar-refractivity contribution is -0.0498. The van der Waals surface area contributed by atoms with E-state index in [9.17, 15) is 17.2 Å². The van der Waals surface area contributed by atoms with Crippen molar-refractivity contribution < 1.29 is 21.9 Å². The van der Waals surface area contributed by atoms with Gasteiger partial charge in [0.2, 0.25) is 10.0 Å². The molecule has 0 saturated heterocycles. The summed E-state index contributed by atoms with van der Waals surface area (Å²) in [7, 11) is -3.72. The fourth-order valence-corrected chi connectivity index (χ4v) is 3.02. The van der Waals surface area contributed by atoms with Crippen LogP contribution in [0.1, 0.15) is 12.8 Å². The third kappa shape index (κ3) is 5.06. The Morgan fingerprint density at radius 1 is 1.33 bits per heavy atom. The van der Waals surface area contributed by atoms with E-state index in [1.807, 2.05) is 0 Å². The molecule has 1 aromatic rings. The minimum Gasteiger partial charge on any atom is -0.433 e. The van der Waals surface area contributed by atoms with Gasteiger partial charge >= 0.3 is 6.61 Å². The van der Waals surface area contributed by atoms with Gasteiger partial charge in [-0.05, 0) is 31.0 Å². The van der Waals surface area contributed by atoms with Gasteiger partial charge in [0.15, 0.2) is 0 Å². The minimum atomic E-state index is -3.72. The van der Waals surface area contributed by atoms with Crippen molar-refractivity contribution in [1.82, 2.24) is 10.0 Å². The molecule has 21 heavy (non-hydrogen) atoms. The van der Waals surface area contributed by atoms with Crippen LogP contribution in [0.2, 0.25) is 5.02 Å². The largest absolute Gasteiger partial charge is 0.433 e. The van der Waals surface area contributed by atoms with E-state index in [1.165, 1.54) is 6.07 Å². The second kappa shape index (κ2) is 6.87. The molecule has 1 saturated carbocycles. The van der Waals surface area contributed by atoms with E-state index >= 15 is 0 Å². The second-order valence-corrected chi connectivity index (χ2v) is 6.77. The van der Waals surface area contributed by atoms with Crippen molar-refractivity contribution in [3.05, 3.63) is 23.2 Å². The molecule has 1 aliphatic carbocycles. The van der Waals surface area contributed by atoms with E-state index in [4.69, 9.17) is 11.6 Å². The highest BCUT2D eigenvalue weighted by atomic mass is 35.5. The first kappa shape index (κ1) is 16.4. The lowest BCUT2D eigenvalue weighted by atomic mass is 10.3. The van der Waals surface area contributed by atoms with Crippen molar-refractivity contribution in [3.8, 4) is 5.75 Å². The van der Waals surface area contributed by atoms with Gasteiger partial charge in [-0.2, -0.15) is 8.78 Å². The van der Waals surface area contributed by atoms with Crippen LogP contribution in [0.4, 0.5) is 8.78 Å². The molecule has 2 rings (SSSR count). The number of nitrogens with one attached hydrogen (secondary N) is 2. The summed E-state index contributed by atoms with van der Waals surface area (Å²) in [4.78, 5) is -0.0967. The Morgan fingerprint density at radius 3 is 2.62 bits per heavy atom. The maximum atomic E-state index is 12.1. The number of rotatable bonds is 8. The molecule has 1 aliphatic rings. The fourth-order valence-electron chi connectivity index (χ4n) is 1.67. The van der Waals surface area contributed by atoms with Crippen LogP contribution >= 0.6 is 11.6 Å². The SMILES string of the molecule is O=S(=O)(NCCNC1CC1)c1ccc(OC(F)F)c(Cl)c1. The van der Waals surface area contributed by atoms with E-state index in [-0.39, 0.29) is 22.2 Å². The highest BCUT2D eigenvalue weighted by molar-refractivity contribution is 7.89. The highest BCUT2D eigenvalue weighted by Gasteiger charge is 2.21. The molecule has 0 bridgehead atoms. The number of benzene rings is 1. The molecule has 0 aromatic heterocycles. The van der Waals surface area contributed by atoms with Crippen LogP contribution < -0.4 is 14.8 Å². The van der Waals surface area contributed by atoms with Crippen molar-refractivity contribution in [1.29, 1.82) is 0 Å². The maximum absolute atomic E-state index is 12.1. The zero-order chi connectivity index (χ0) is 15.5. The molecule has 0 amide bonds. The number of ether oxygens (including phenoxy) is 1. The van der Waals surface area contributed by atoms with Crippen molar-refractivity contribution in [2.75, 3.05) is 13.1 Å². The third-order valence-electron chi connectivity index (χ3n) is 2.86. The van der Waals surface area contributed by atoms with Crippen LogP contribution in [0.15, 0.2) is 23.1 Å². The Hall–Kier alpha value is -0.960. The summed E-state index contributed by atoms with van der Waals surface area (Å²) < 4.78 is 54.7. The van der Waals surface area contributed by atoms with Crippen molar-refractivity contribution in [2.45, 2.75) is 30.4 Å².